The van der Waals surface area contributed by atoms with E-state index in [2.05, 4.69) is 10.3 Å². The second-order valence-corrected chi connectivity index (χ2v) is 11.6. The number of rotatable bonds is 14. The van der Waals surface area contributed by atoms with E-state index < -0.39 is 12.1 Å². The van der Waals surface area contributed by atoms with Crippen LogP contribution in [0.5, 0.6) is 0 Å². The lowest BCUT2D eigenvalue weighted by atomic mass is 10.1. The van der Waals surface area contributed by atoms with Gasteiger partial charge >= 0.3 is 0 Å². The molecule has 0 radical (unpaired) electrons. The second-order valence-electron chi connectivity index (χ2n) is 11.6. The van der Waals surface area contributed by atoms with Gasteiger partial charge in [-0.05, 0) is 81.5 Å². The van der Waals surface area contributed by atoms with Crippen molar-refractivity contribution in [2.24, 2.45) is 5.92 Å². The number of hydrogen-bond acceptors (Lipinski definition) is 5. The molecule has 0 spiro atoms. The van der Waals surface area contributed by atoms with Gasteiger partial charge < -0.3 is 24.4 Å². The zero-order valence-electron chi connectivity index (χ0n) is 26.4. The molecule has 4 atom stereocenters. The molecule has 3 aromatic rings. The molecule has 2 aromatic carbocycles. The molecular formula is C34H43F2N5O4. The number of hydrogen-bond donors (Lipinski definition) is 1. The predicted molar refractivity (Wildman–Crippen MR) is 167 cm³/mol. The van der Waals surface area contributed by atoms with Gasteiger partial charge in [0.25, 0.3) is 5.91 Å². The van der Waals surface area contributed by atoms with Crippen molar-refractivity contribution in [2.75, 3.05) is 26.2 Å². The molecule has 9 nitrogen and oxygen atoms in total. The van der Waals surface area contributed by atoms with Crippen molar-refractivity contribution in [1.29, 1.82) is 0 Å². The zero-order valence-corrected chi connectivity index (χ0v) is 26.4. The van der Waals surface area contributed by atoms with E-state index in [1.807, 2.05) is 20.8 Å². The standard InChI is InChI=1S/C34H43F2N5O4/c1-5-23(3)32(42)38-31(24(4)45-6-2)34(44)41-18-7-8-29(41)20-39(19-17-25-9-11-26(35)12-10-25)33(43)30-21-40(22-37-30)28-15-13-27(36)14-16-28/h9-16,21-24,29,31H,5-8,17-20H2,1-4H3,(H,38,42)/t23-,24-,29+,31+/m1/s1. The summed E-state index contributed by atoms with van der Waals surface area (Å²) in [4.78, 5) is 48.5. The number of benzene rings is 2. The van der Waals surface area contributed by atoms with E-state index in [1.165, 1.54) is 30.6 Å². The average molecular weight is 624 g/mol. The van der Waals surface area contributed by atoms with E-state index in [1.54, 1.807) is 51.8 Å². The van der Waals surface area contributed by atoms with Crippen LogP contribution in [-0.4, -0.2) is 81.5 Å². The van der Waals surface area contributed by atoms with Crippen molar-refractivity contribution in [3.8, 4) is 5.69 Å². The normalized spacial score (nSPS) is 16.7. The molecule has 1 fully saturated rings. The number of likely N-dealkylation sites (tertiary alicyclic amines) is 1. The van der Waals surface area contributed by atoms with Gasteiger partial charge in [0, 0.05) is 50.1 Å². The Labute approximate surface area is 263 Å². The molecule has 45 heavy (non-hydrogen) atoms. The summed E-state index contributed by atoms with van der Waals surface area (Å²) in [6, 6.07) is 10.9. The van der Waals surface area contributed by atoms with Gasteiger partial charge in [-0.1, -0.05) is 26.0 Å². The Morgan fingerprint density at radius 3 is 2.36 bits per heavy atom. The molecule has 0 aliphatic carbocycles. The van der Waals surface area contributed by atoms with Crippen LogP contribution < -0.4 is 5.32 Å². The lowest BCUT2D eigenvalue weighted by Gasteiger charge is -2.34. The van der Waals surface area contributed by atoms with Gasteiger partial charge in [-0.2, -0.15) is 0 Å². The number of carbonyl (C=O) groups is 3. The molecule has 242 valence electrons. The van der Waals surface area contributed by atoms with E-state index in [9.17, 15) is 23.2 Å². The molecule has 1 aromatic heterocycles. The summed E-state index contributed by atoms with van der Waals surface area (Å²) in [7, 11) is 0. The number of halogens is 2. The van der Waals surface area contributed by atoms with Crippen molar-refractivity contribution < 1.29 is 27.9 Å². The molecule has 1 saturated heterocycles. The summed E-state index contributed by atoms with van der Waals surface area (Å²) in [5.41, 5.74) is 1.73. The second kappa shape index (κ2) is 15.7. The third-order valence-corrected chi connectivity index (χ3v) is 8.41. The Hall–Kier alpha value is -4.12. The average Bonchev–Trinajstić information content (AvgIpc) is 3.72. The van der Waals surface area contributed by atoms with Crippen LogP contribution in [0.3, 0.4) is 0 Å². The highest BCUT2D eigenvalue weighted by molar-refractivity contribution is 5.92. The minimum Gasteiger partial charge on any atom is -0.376 e. The minimum absolute atomic E-state index is 0.203. The molecule has 0 saturated carbocycles. The van der Waals surface area contributed by atoms with Crippen LogP contribution in [0.4, 0.5) is 8.78 Å². The smallest absolute Gasteiger partial charge is 0.274 e. The summed E-state index contributed by atoms with van der Waals surface area (Å²) >= 11 is 0. The van der Waals surface area contributed by atoms with Gasteiger partial charge in [0.15, 0.2) is 0 Å². The van der Waals surface area contributed by atoms with Gasteiger partial charge in [-0.15, -0.1) is 0 Å². The fourth-order valence-electron chi connectivity index (χ4n) is 5.51. The molecule has 0 bridgehead atoms. The number of aromatic nitrogens is 2. The first-order valence-electron chi connectivity index (χ1n) is 15.7. The van der Waals surface area contributed by atoms with Crippen LogP contribution in [0, 0.1) is 17.6 Å². The number of carbonyl (C=O) groups excluding carboxylic acids is 3. The zero-order chi connectivity index (χ0) is 32.5. The van der Waals surface area contributed by atoms with Crippen LogP contribution in [0.25, 0.3) is 5.69 Å². The number of nitrogens with one attached hydrogen (secondary N) is 1. The minimum atomic E-state index is -0.859. The number of ether oxygens (including phenoxy) is 1. The van der Waals surface area contributed by atoms with E-state index in [0.29, 0.717) is 44.6 Å². The predicted octanol–water partition coefficient (Wildman–Crippen LogP) is 4.78. The molecular weight excluding hydrogens is 580 g/mol. The maximum atomic E-state index is 14.0. The van der Waals surface area contributed by atoms with E-state index >= 15 is 0 Å². The maximum Gasteiger partial charge on any atom is 0.274 e. The molecule has 0 unspecified atom stereocenters. The molecule has 1 aliphatic heterocycles. The molecule has 3 amide bonds. The highest BCUT2D eigenvalue weighted by atomic mass is 19.1. The molecule has 1 N–H and O–H groups in total. The lowest BCUT2D eigenvalue weighted by Crippen LogP contribution is -2.57. The summed E-state index contributed by atoms with van der Waals surface area (Å²) in [6.07, 6.45) is 5.12. The van der Waals surface area contributed by atoms with Gasteiger partial charge in [0.05, 0.1) is 6.10 Å². The fourth-order valence-corrected chi connectivity index (χ4v) is 5.51. The van der Waals surface area contributed by atoms with E-state index in [4.69, 9.17) is 4.74 Å². The molecule has 1 aliphatic rings. The Kier molecular flexibility index (Phi) is 11.8. The lowest BCUT2D eigenvalue weighted by molar-refractivity contribution is -0.142. The SMILES string of the molecule is CCO[C@H](C)[C@H](NC(=O)[C@H](C)CC)C(=O)N1CCC[C@H]1CN(CCc1ccc(F)cc1)C(=O)c1cn(-c2ccc(F)cc2)cn1. The molecule has 4 rings (SSSR count). The summed E-state index contributed by atoms with van der Waals surface area (Å²) in [5, 5.41) is 2.92. The quantitative estimate of drug-likeness (QED) is 0.279. The van der Waals surface area contributed by atoms with Crippen molar-refractivity contribution in [2.45, 2.75) is 71.6 Å². The van der Waals surface area contributed by atoms with Crippen LogP contribution >= 0.6 is 0 Å². The van der Waals surface area contributed by atoms with Crippen molar-refractivity contribution in [3.63, 3.8) is 0 Å². The fraction of sp³-hybridized carbons (Fsp3) is 0.471. The molecule has 2 heterocycles. The topological polar surface area (TPSA) is 96.8 Å². The third kappa shape index (κ3) is 8.75. The summed E-state index contributed by atoms with van der Waals surface area (Å²) < 4.78 is 34.4. The van der Waals surface area contributed by atoms with Crippen LogP contribution in [0.2, 0.25) is 0 Å². The highest BCUT2D eigenvalue weighted by Crippen LogP contribution is 2.22. The molecule has 11 heteroatoms. The Bertz CT molecular complexity index is 1430. The number of nitrogens with zero attached hydrogens (tertiary/aromatic N) is 4. The van der Waals surface area contributed by atoms with Crippen molar-refractivity contribution in [1.82, 2.24) is 24.7 Å². The Balaban J connectivity index is 1.56. The number of imidazole rings is 1. The van der Waals surface area contributed by atoms with Gasteiger partial charge in [0.2, 0.25) is 11.8 Å². The van der Waals surface area contributed by atoms with E-state index in [-0.39, 0.29) is 53.6 Å². The largest absolute Gasteiger partial charge is 0.376 e. The number of amides is 3. The first kappa shape index (κ1) is 33.8. The Morgan fingerprint density at radius 2 is 1.71 bits per heavy atom. The van der Waals surface area contributed by atoms with Gasteiger partial charge in [-0.3, -0.25) is 14.4 Å². The van der Waals surface area contributed by atoms with Crippen molar-refractivity contribution in [3.05, 3.63) is 83.9 Å². The van der Waals surface area contributed by atoms with Crippen molar-refractivity contribution >= 4 is 17.7 Å². The summed E-state index contributed by atoms with van der Waals surface area (Å²) in [6.45, 7) is 8.83. The first-order valence-corrected chi connectivity index (χ1v) is 15.7. The van der Waals surface area contributed by atoms with Crippen LogP contribution in [0.1, 0.15) is 63.0 Å². The first-order chi connectivity index (χ1) is 21.6. The monoisotopic (exact) mass is 623 g/mol. The van der Waals surface area contributed by atoms with E-state index in [0.717, 1.165) is 12.0 Å². The van der Waals surface area contributed by atoms with Gasteiger partial charge in [-0.25, -0.2) is 13.8 Å². The Morgan fingerprint density at radius 1 is 1.04 bits per heavy atom. The third-order valence-electron chi connectivity index (χ3n) is 8.41. The van der Waals surface area contributed by atoms with Crippen LogP contribution in [0.15, 0.2) is 61.1 Å². The summed E-state index contributed by atoms with van der Waals surface area (Å²) in [5.74, 6) is -1.71. The highest BCUT2D eigenvalue weighted by Gasteiger charge is 2.38. The van der Waals surface area contributed by atoms with Crippen LogP contribution in [-0.2, 0) is 20.7 Å². The maximum absolute atomic E-state index is 14.0. The van der Waals surface area contributed by atoms with Gasteiger partial charge in [0.1, 0.15) is 29.7 Å².